The molecule has 0 aromatic heterocycles. The summed E-state index contributed by atoms with van der Waals surface area (Å²) in [5.41, 5.74) is 7.40. The number of nitrogens with two attached hydrogens (primary N) is 1. The summed E-state index contributed by atoms with van der Waals surface area (Å²) in [4.78, 5) is 0. The normalized spacial score (nSPS) is 14.0. The van der Waals surface area contributed by atoms with E-state index in [4.69, 9.17) is 28.9 Å². The molecular weight excluding hydrogens is 312 g/mol. The molecule has 2 unspecified atom stereocenters. The predicted octanol–water partition coefficient (Wildman–Crippen LogP) is 4.22. The van der Waals surface area contributed by atoms with Crippen LogP contribution >= 0.6 is 23.2 Å². The predicted molar refractivity (Wildman–Crippen MR) is 84.4 cm³/mol. The van der Waals surface area contributed by atoms with Gasteiger partial charge in [0, 0.05) is 28.1 Å². The van der Waals surface area contributed by atoms with Crippen LogP contribution in [0.15, 0.2) is 36.4 Å². The van der Waals surface area contributed by atoms with Gasteiger partial charge in [0.1, 0.15) is 5.82 Å². The minimum Gasteiger partial charge on any atom is -0.388 e. The molecule has 0 aliphatic rings. The summed E-state index contributed by atoms with van der Waals surface area (Å²) in [6, 6.07) is 9.66. The van der Waals surface area contributed by atoms with Gasteiger partial charge in [0.25, 0.3) is 0 Å². The number of aliphatic hydroxyl groups is 1. The first kappa shape index (κ1) is 16.2. The third-order valence-corrected chi connectivity index (χ3v) is 4.03. The average Bonchev–Trinajstić information content (AvgIpc) is 2.41. The van der Waals surface area contributed by atoms with Crippen LogP contribution in [0, 0.1) is 12.7 Å². The number of benzene rings is 2. The van der Waals surface area contributed by atoms with Crippen molar-refractivity contribution in [3.63, 3.8) is 0 Å². The standard InChI is InChI=1S/C16H16Cl2FNO/c1-9-2-4-12(15(19)6-9)16(21)13(8-20)11-5-3-10(17)7-14(11)18/h2-7,13,16,21H,8,20H2,1H3. The van der Waals surface area contributed by atoms with Gasteiger partial charge in [0.2, 0.25) is 0 Å². The fourth-order valence-electron chi connectivity index (χ4n) is 2.32. The summed E-state index contributed by atoms with van der Waals surface area (Å²) in [5.74, 6) is -0.960. The van der Waals surface area contributed by atoms with E-state index < -0.39 is 17.8 Å². The summed E-state index contributed by atoms with van der Waals surface area (Å²) in [7, 11) is 0. The maximum absolute atomic E-state index is 14.0. The van der Waals surface area contributed by atoms with Gasteiger partial charge in [-0.15, -0.1) is 0 Å². The molecule has 0 radical (unpaired) electrons. The molecule has 0 amide bonds. The van der Waals surface area contributed by atoms with Gasteiger partial charge in [0.15, 0.2) is 0 Å². The molecule has 21 heavy (non-hydrogen) atoms. The summed E-state index contributed by atoms with van der Waals surface area (Å²) in [6.07, 6.45) is -1.07. The van der Waals surface area contributed by atoms with E-state index in [1.807, 2.05) is 0 Å². The van der Waals surface area contributed by atoms with E-state index in [2.05, 4.69) is 0 Å². The van der Waals surface area contributed by atoms with Crippen molar-refractivity contribution in [1.29, 1.82) is 0 Å². The van der Waals surface area contributed by atoms with E-state index in [-0.39, 0.29) is 12.1 Å². The molecule has 0 spiro atoms. The smallest absolute Gasteiger partial charge is 0.129 e. The van der Waals surface area contributed by atoms with Gasteiger partial charge in [0.05, 0.1) is 6.10 Å². The Bertz CT molecular complexity index is 648. The molecule has 3 N–H and O–H groups in total. The molecule has 5 heteroatoms. The van der Waals surface area contributed by atoms with Crippen molar-refractivity contribution in [3.05, 3.63) is 69.0 Å². The first-order chi connectivity index (χ1) is 9.93. The Hall–Kier alpha value is -1.13. The van der Waals surface area contributed by atoms with Gasteiger partial charge < -0.3 is 10.8 Å². The number of aliphatic hydroxyl groups excluding tert-OH is 1. The molecule has 0 bridgehead atoms. The van der Waals surface area contributed by atoms with Crippen LogP contribution in [0.4, 0.5) is 4.39 Å². The Balaban J connectivity index is 2.40. The van der Waals surface area contributed by atoms with Gasteiger partial charge >= 0.3 is 0 Å². The monoisotopic (exact) mass is 327 g/mol. The fourth-order valence-corrected chi connectivity index (χ4v) is 2.87. The van der Waals surface area contributed by atoms with Crippen LogP contribution in [0.25, 0.3) is 0 Å². The molecular formula is C16H16Cl2FNO. The van der Waals surface area contributed by atoms with Gasteiger partial charge in [-0.3, -0.25) is 0 Å². The highest BCUT2D eigenvalue weighted by Crippen LogP contribution is 2.36. The largest absolute Gasteiger partial charge is 0.388 e. The van der Waals surface area contributed by atoms with E-state index in [1.165, 1.54) is 6.07 Å². The zero-order chi connectivity index (χ0) is 15.6. The maximum atomic E-state index is 14.0. The Labute approximate surface area is 133 Å². The lowest BCUT2D eigenvalue weighted by Gasteiger charge is -2.24. The molecule has 2 rings (SSSR count). The van der Waals surface area contributed by atoms with Crippen molar-refractivity contribution in [2.24, 2.45) is 5.73 Å². The second kappa shape index (κ2) is 6.75. The van der Waals surface area contributed by atoms with E-state index >= 15 is 0 Å². The van der Waals surface area contributed by atoms with E-state index in [9.17, 15) is 9.50 Å². The Morgan fingerprint density at radius 3 is 2.38 bits per heavy atom. The third-order valence-electron chi connectivity index (χ3n) is 3.47. The molecule has 0 aliphatic carbocycles. The van der Waals surface area contributed by atoms with E-state index in [0.29, 0.717) is 15.6 Å². The highest BCUT2D eigenvalue weighted by Gasteiger charge is 2.25. The van der Waals surface area contributed by atoms with Crippen LogP contribution in [0.2, 0.25) is 10.0 Å². The lowest BCUT2D eigenvalue weighted by molar-refractivity contribution is 0.143. The van der Waals surface area contributed by atoms with Crippen LogP contribution in [0.1, 0.15) is 28.7 Å². The van der Waals surface area contributed by atoms with E-state index in [0.717, 1.165) is 5.56 Å². The van der Waals surface area contributed by atoms with Crippen LogP contribution in [-0.4, -0.2) is 11.7 Å². The van der Waals surface area contributed by atoms with Crippen LogP contribution in [0.3, 0.4) is 0 Å². The number of halogens is 3. The Kier molecular flexibility index (Phi) is 5.22. The van der Waals surface area contributed by atoms with Crippen molar-refractivity contribution in [2.45, 2.75) is 18.9 Å². The topological polar surface area (TPSA) is 46.2 Å². The summed E-state index contributed by atoms with van der Waals surface area (Å²) in [5, 5.41) is 11.4. The van der Waals surface area contributed by atoms with Gasteiger partial charge in [-0.25, -0.2) is 4.39 Å². The fraction of sp³-hybridized carbons (Fsp3) is 0.250. The average molecular weight is 328 g/mol. The first-order valence-electron chi connectivity index (χ1n) is 6.53. The van der Waals surface area contributed by atoms with Gasteiger partial charge in [-0.2, -0.15) is 0 Å². The molecule has 2 atom stereocenters. The molecule has 2 aromatic rings. The van der Waals surface area contributed by atoms with Crippen LogP contribution in [0.5, 0.6) is 0 Å². The maximum Gasteiger partial charge on any atom is 0.129 e. The minimum absolute atomic E-state index is 0.135. The minimum atomic E-state index is -1.07. The number of aryl methyl sites for hydroxylation is 1. The van der Waals surface area contributed by atoms with Crippen molar-refractivity contribution in [1.82, 2.24) is 0 Å². The summed E-state index contributed by atoms with van der Waals surface area (Å²) < 4.78 is 14.0. The number of rotatable bonds is 4. The van der Waals surface area contributed by atoms with Gasteiger partial charge in [-0.05, 0) is 36.2 Å². The molecule has 2 nitrogen and oxygen atoms in total. The van der Waals surface area contributed by atoms with Crippen molar-refractivity contribution < 1.29 is 9.50 Å². The number of hydrogen-bond acceptors (Lipinski definition) is 2. The first-order valence-corrected chi connectivity index (χ1v) is 7.28. The molecule has 0 fully saturated rings. The second-order valence-corrected chi connectivity index (χ2v) is 5.82. The second-order valence-electron chi connectivity index (χ2n) is 4.98. The van der Waals surface area contributed by atoms with Crippen molar-refractivity contribution in [2.75, 3.05) is 6.54 Å². The van der Waals surface area contributed by atoms with Crippen molar-refractivity contribution >= 4 is 23.2 Å². The van der Waals surface area contributed by atoms with Gasteiger partial charge in [-0.1, -0.05) is 41.4 Å². The molecule has 0 aliphatic heterocycles. The highest BCUT2D eigenvalue weighted by atomic mass is 35.5. The molecule has 112 valence electrons. The zero-order valence-corrected chi connectivity index (χ0v) is 13.0. The lowest BCUT2D eigenvalue weighted by Crippen LogP contribution is -2.21. The zero-order valence-electron chi connectivity index (χ0n) is 11.5. The van der Waals surface area contributed by atoms with Crippen LogP contribution < -0.4 is 5.73 Å². The summed E-state index contributed by atoms with van der Waals surface area (Å²) in [6.45, 7) is 1.92. The SMILES string of the molecule is Cc1ccc(C(O)C(CN)c2ccc(Cl)cc2Cl)c(F)c1. The van der Waals surface area contributed by atoms with E-state index in [1.54, 1.807) is 37.3 Å². The quantitative estimate of drug-likeness (QED) is 0.883. The Morgan fingerprint density at radius 2 is 1.81 bits per heavy atom. The molecule has 2 aromatic carbocycles. The van der Waals surface area contributed by atoms with Crippen molar-refractivity contribution in [3.8, 4) is 0 Å². The lowest BCUT2D eigenvalue weighted by atomic mass is 9.88. The summed E-state index contributed by atoms with van der Waals surface area (Å²) >= 11 is 12.0. The van der Waals surface area contributed by atoms with Crippen LogP contribution in [-0.2, 0) is 0 Å². The molecule has 0 saturated heterocycles. The number of hydrogen-bond donors (Lipinski definition) is 2. The molecule has 0 heterocycles. The highest BCUT2D eigenvalue weighted by molar-refractivity contribution is 6.35. The third kappa shape index (κ3) is 3.55. The molecule has 0 saturated carbocycles. The Morgan fingerprint density at radius 1 is 1.14 bits per heavy atom.